The molecule has 1 heterocycles. The summed E-state index contributed by atoms with van der Waals surface area (Å²) in [5.74, 6) is -5.05. The van der Waals surface area contributed by atoms with Gasteiger partial charge in [0.15, 0.2) is 28.9 Å². The summed E-state index contributed by atoms with van der Waals surface area (Å²) in [5, 5.41) is 1.84. The number of carbonyl (C=O) groups excluding carboxylic acids is 1. The molecule has 0 atom stereocenters. The molecule has 0 aliphatic heterocycles. The lowest BCUT2D eigenvalue weighted by atomic mass is 10.0. The second kappa shape index (κ2) is 7.70. The molecule has 3 rings (SSSR count). The summed E-state index contributed by atoms with van der Waals surface area (Å²) in [5.41, 5.74) is -0.859. The van der Waals surface area contributed by atoms with Crippen molar-refractivity contribution in [1.29, 1.82) is 0 Å². The zero-order chi connectivity index (χ0) is 21.3. The van der Waals surface area contributed by atoms with Crippen LogP contribution in [0.1, 0.15) is 5.69 Å². The molecule has 11 heteroatoms. The molecule has 5 nitrogen and oxygen atoms in total. The minimum Gasteiger partial charge on any atom is -0.406 e. The monoisotopic (exact) mass is 431 g/mol. The lowest BCUT2D eigenvalue weighted by Gasteiger charge is -2.12. The number of anilines is 1. The van der Waals surface area contributed by atoms with Crippen molar-refractivity contribution in [3.05, 3.63) is 65.7 Å². The Hall–Kier alpha value is -3.14. The fraction of sp³-hybridized carbons (Fsp3) is 0.111. The third-order valence-electron chi connectivity index (χ3n) is 3.72. The summed E-state index contributed by atoms with van der Waals surface area (Å²) in [4.78, 5) is 12.2. The number of carbonyl (C=O) groups is 1. The largest absolute Gasteiger partial charge is 0.417 e. The van der Waals surface area contributed by atoms with Gasteiger partial charge in [-0.3, -0.25) is 10.00 Å². The van der Waals surface area contributed by atoms with E-state index in [4.69, 9.17) is 16.3 Å². The average Bonchev–Trinajstić information content (AvgIpc) is 3.00. The van der Waals surface area contributed by atoms with Crippen LogP contribution < -0.4 is 10.1 Å². The van der Waals surface area contributed by atoms with E-state index in [0.29, 0.717) is 0 Å². The lowest BCUT2D eigenvalue weighted by Crippen LogP contribution is -2.19. The maximum atomic E-state index is 13.5. The van der Waals surface area contributed by atoms with Crippen LogP contribution in [0.15, 0.2) is 42.6 Å². The fourth-order valence-corrected chi connectivity index (χ4v) is 2.66. The second-order valence-electron chi connectivity index (χ2n) is 5.83. The van der Waals surface area contributed by atoms with Crippen molar-refractivity contribution in [1.82, 2.24) is 9.78 Å². The molecule has 2 aromatic carbocycles. The third kappa shape index (κ3) is 4.48. The molecule has 0 unspecified atom stereocenters. The van der Waals surface area contributed by atoms with E-state index >= 15 is 0 Å². The first-order chi connectivity index (χ1) is 13.6. The SMILES string of the molecule is Cn1cc(OC(=O)Nc2ccccc2-c2cc(F)c(F)c(F)c2)c(C(F)(F)Cl)n1. The molecule has 0 aliphatic carbocycles. The van der Waals surface area contributed by atoms with Crippen LogP contribution in [-0.4, -0.2) is 15.9 Å². The van der Waals surface area contributed by atoms with Gasteiger partial charge in [-0.05, 0) is 35.4 Å². The first-order valence-electron chi connectivity index (χ1n) is 7.90. The Kier molecular flexibility index (Phi) is 5.47. The molecule has 3 aromatic rings. The van der Waals surface area contributed by atoms with Crippen LogP contribution >= 0.6 is 11.6 Å². The van der Waals surface area contributed by atoms with E-state index < -0.39 is 40.4 Å². The molecule has 0 spiro atoms. The third-order valence-corrected chi connectivity index (χ3v) is 3.90. The summed E-state index contributed by atoms with van der Waals surface area (Å²) >= 11 is 4.95. The van der Waals surface area contributed by atoms with Gasteiger partial charge in [0.25, 0.3) is 0 Å². The number of aromatic nitrogens is 2. The molecule has 0 saturated heterocycles. The molecule has 1 N–H and O–H groups in total. The number of hydrogen-bond donors (Lipinski definition) is 1. The molecule has 0 saturated carbocycles. The number of nitrogens with one attached hydrogen (secondary N) is 1. The van der Waals surface area contributed by atoms with Crippen LogP contribution in [0.3, 0.4) is 0 Å². The van der Waals surface area contributed by atoms with Crippen molar-refractivity contribution in [3.8, 4) is 16.9 Å². The molecule has 0 bridgehead atoms. The maximum absolute atomic E-state index is 13.5. The van der Waals surface area contributed by atoms with Crippen LogP contribution in [0.2, 0.25) is 0 Å². The summed E-state index contributed by atoms with van der Waals surface area (Å²) in [6.45, 7) is 0. The maximum Gasteiger partial charge on any atom is 0.417 e. The number of halogens is 6. The topological polar surface area (TPSA) is 56.1 Å². The Balaban J connectivity index is 1.88. The van der Waals surface area contributed by atoms with Gasteiger partial charge in [-0.15, -0.1) is 0 Å². The quantitative estimate of drug-likeness (QED) is 0.342. The molecule has 0 aliphatic rings. The zero-order valence-electron chi connectivity index (χ0n) is 14.5. The summed E-state index contributed by atoms with van der Waals surface area (Å²) in [6.07, 6.45) is -0.169. The Morgan fingerprint density at radius 2 is 1.79 bits per heavy atom. The van der Waals surface area contributed by atoms with Gasteiger partial charge in [0.1, 0.15) is 0 Å². The van der Waals surface area contributed by atoms with Crippen molar-refractivity contribution in [2.24, 2.45) is 7.05 Å². The van der Waals surface area contributed by atoms with E-state index in [0.717, 1.165) is 23.0 Å². The number of rotatable bonds is 4. The lowest BCUT2D eigenvalue weighted by molar-refractivity contribution is 0.0865. The molecule has 1 aromatic heterocycles. The minimum absolute atomic E-state index is 0.0333. The van der Waals surface area contributed by atoms with Gasteiger partial charge in [0.05, 0.1) is 11.9 Å². The number of hydrogen-bond acceptors (Lipinski definition) is 3. The molecule has 152 valence electrons. The molecule has 1 amide bonds. The van der Waals surface area contributed by atoms with E-state index in [9.17, 15) is 26.7 Å². The predicted molar refractivity (Wildman–Crippen MR) is 94.4 cm³/mol. The highest BCUT2D eigenvalue weighted by atomic mass is 35.5. The standard InChI is InChI=1S/C18H11ClF5N3O2/c1-27-8-14(16(26-27)18(19,23)24)29-17(28)25-13-5-3-2-4-10(13)9-6-11(20)15(22)12(21)7-9/h2-8H,1H3,(H,25,28). The van der Waals surface area contributed by atoms with E-state index in [2.05, 4.69) is 10.4 Å². The van der Waals surface area contributed by atoms with Crippen molar-refractivity contribution in [2.75, 3.05) is 5.32 Å². The Labute approximate surface area is 165 Å². The van der Waals surface area contributed by atoms with Crippen molar-refractivity contribution in [2.45, 2.75) is 5.38 Å². The number of para-hydroxylation sites is 1. The van der Waals surface area contributed by atoms with Gasteiger partial charge in [0, 0.05) is 12.6 Å². The highest BCUT2D eigenvalue weighted by molar-refractivity contribution is 6.21. The van der Waals surface area contributed by atoms with Gasteiger partial charge in [-0.2, -0.15) is 13.9 Å². The minimum atomic E-state index is -3.88. The van der Waals surface area contributed by atoms with Crippen molar-refractivity contribution >= 4 is 23.4 Å². The number of alkyl halides is 3. The van der Waals surface area contributed by atoms with Crippen molar-refractivity contribution < 1.29 is 31.5 Å². The number of amides is 1. The van der Waals surface area contributed by atoms with Crippen LogP contribution in [-0.2, 0) is 12.4 Å². The first kappa shape index (κ1) is 20.6. The Bertz CT molecular complexity index is 1060. The predicted octanol–water partition coefficient (Wildman–Crippen LogP) is 5.40. The summed E-state index contributed by atoms with van der Waals surface area (Å²) in [7, 11) is 1.32. The number of benzene rings is 2. The molecular weight excluding hydrogens is 421 g/mol. The average molecular weight is 432 g/mol. The smallest absolute Gasteiger partial charge is 0.406 e. The van der Waals surface area contributed by atoms with Gasteiger partial charge >= 0.3 is 11.5 Å². The fourth-order valence-electron chi connectivity index (χ4n) is 2.53. The van der Waals surface area contributed by atoms with Crippen molar-refractivity contribution in [3.63, 3.8) is 0 Å². The highest BCUT2D eigenvalue weighted by Gasteiger charge is 2.36. The number of ether oxygens (including phenoxy) is 1. The molecular formula is C18H11ClF5N3O2. The summed E-state index contributed by atoms with van der Waals surface area (Å²) < 4.78 is 72.9. The van der Waals surface area contributed by atoms with Gasteiger partial charge in [-0.1, -0.05) is 18.2 Å². The van der Waals surface area contributed by atoms with Crippen LogP contribution in [0, 0.1) is 17.5 Å². The van der Waals surface area contributed by atoms with E-state index in [-0.39, 0.29) is 16.8 Å². The normalized spacial score (nSPS) is 11.4. The summed E-state index contributed by atoms with van der Waals surface area (Å²) in [6, 6.07) is 7.28. The number of nitrogens with zero attached hydrogens (tertiary/aromatic N) is 2. The zero-order valence-corrected chi connectivity index (χ0v) is 15.3. The van der Waals surface area contributed by atoms with Crippen LogP contribution in [0.25, 0.3) is 11.1 Å². The first-order valence-corrected chi connectivity index (χ1v) is 8.27. The van der Waals surface area contributed by atoms with Crippen LogP contribution in [0.5, 0.6) is 5.75 Å². The molecule has 29 heavy (non-hydrogen) atoms. The second-order valence-corrected chi connectivity index (χ2v) is 6.30. The van der Waals surface area contributed by atoms with E-state index in [1.54, 1.807) is 0 Å². The van der Waals surface area contributed by atoms with Gasteiger partial charge in [0.2, 0.25) is 0 Å². The Morgan fingerprint density at radius 3 is 2.41 bits per heavy atom. The van der Waals surface area contributed by atoms with Gasteiger partial charge < -0.3 is 4.74 Å². The van der Waals surface area contributed by atoms with E-state index in [1.807, 2.05) is 0 Å². The molecule has 0 fully saturated rings. The van der Waals surface area contributed by atoms with Crippen LogP contribution in [0.4, 0.5) is 32.4 Å². The Morgan fingerprint density at radius 1 is 1.17 bits per heavy atom. The van der Waals surface area contributed by atoms with Gasteiger partial charge in [-0.25, -0.2) is 18.0 Å². The number of aryl methyl sites for hydroxylation is 1. The molecule has 0 radical (unpaired) electrons. The highest BCUT2D eigenvalue weighted by Crippen LogP contribution is 2.37. The van der Waals surface area contributed by atoms with E-state index in [1.165, 1.54) is 31.3 Å².